The van der Waals surface area contributed by atoms with Crippen LogP contribution in [-0.4, -0.2) is 34.7 Å². The summed E-state index contributed by atoms with van der Waals surface area (Å²) >= 11 is 1.26. The molecule has 0 aliphatic rings. The summed E-state index contributed by atoms with van der Waals surface area (Å²) in [4.78, 5) is 32.0. The van der Waals surface area contributed by atoms with Crippen molar-refractivity contribution in [2.75, 3.05) is 18.3 Å². The first-order valence-corrected chi connectivity index (χ1v) is 8.18. The molecule has 0 radical (unpaired) electrons. The van der Waals surface area contributed by atoms with Gasteiger partial charge in [-0.05, 0) is 25.3 Å². The van der Waals surface area contributed by atoms with E-state index in [9.17, 15) is 14.0 Å². The van der Waals surface area contributed by atoms with Crippen molar-refractivity contribution in [2.45, 2.75) is 12.1 Å². The first kappa shape index (κ1) is 17.7. The van der Waals surface area contributed by atoms with Gasteiger partial charge in [-0.15, -0.1) is 0 Å². The Bertz CT molecular complexity index is 757. The number of benzene rings is 1. The number of anilines is 1. The zero-order valence-corrected chi connectivity index (χ0v) is 13.8. The Labute approximate surface area is 142 Å². The molecule has 1 amide bonds. The molecule has 2 rings (SSSR count). The SMILES string of the molecule is CCOC(=O)c1cnc(SC)nc1NNC(=O)c1ccccc1F. The quantitative estimate of drug-likeness (QED) is 0.357. The van der Waals surface area contributed by atoms with E-state index in [2.05, 4.69) is 20.8 Å². The third-order valence-electron chi connectivity index (χ3n) is 2.86. The van der Waals surface area contributed by atoms with Gasteiger partial charge in [0.25, 0.3) is 5.91 Å². The molecule has 2 aromatic rings. The minimum absolute atomic E-state index is 0.0588. The maximum Gasteiger partial charge on any atom is 0.343 e. The summed E-state index contributed by atoms with van der Waals surface area (Å²) in [6.07, 6.45) is 3.06. The molecule has 0 spiro atoms. The van der Waals surface area contributed by atoms with Gasteiger partial charge in [0.15, 0.2) is 11.0 Å². The first-order chi connectivity index (χ1) is 11.6. The van der Waals surface area contributed by atoms with Crippen LogP contribution in [0.5, 0.6) is 0 Å². The van der Waals surface area contributed by atoms with E-state index in [0.717, 1.165) is 0 Å². The van der Waals surface area contributed by atoms with Gasteiger partial charge in [-0.3, -0.25) is 15.6 Å². The molecular weight excluding hydrogens is 335 g/mol. The van der Waals surface area contributed by atoms with Gasteiger partial charge in [0.2, 0.25) is 0 Å². The molecule has 0 fully saturated rings. The van der Waals surface area contributed by atoms with Gasteiger partial charge >= 0.3 is 5.97 Å². The zero-order chi connectivity index (χ0) is 17.5. The van der Waals surface area contributed by atoms with E-state index in [0.29, 0.717) is 5.16 Å². The number of carbonyl (C=O) groups excluding carboxylic acids is 2. The summed E-state index contributed by atoms with van der Waals surface area (Å²) in [5, 5.41) is 0.394. The Morgan fingerprint density at radius 2 is 2.04 bits per heavy atom. The lowest BCUT2D eigenvalue weighted by Gasteiger charge is -2.12. The van der Waals surface area contributed by atoms with Crippen molar-refractivity contribution >= 4 is 29.5 Å². The van der Waals surface area contributed by atoms with Gasteiger partial charge in [0.1, 0.15) is 11.4 Å². The number of nitrogens with zero attached hydrogens (tertiary/aromatic N) is 2. The molecule has 1 aromatic carbocycles. The summed E-state index contributed by atoms with van der Waals surface area (Å²) in [6, 6.07) is 5.54. The Hall–Kier alpha value is -2.68. The number of aromatic nitrogens is 2. The molecule has 2 N–H and O–H groups in total. The Kier molecular flexibility index (Phi) is 6.07. The highest BCUT2D eigenvalue weighted by Crippen LogP contribution is 2.17. The molecule has 0 aliphatic heterocycles. The Morgan fingerprint density at radius 1 is 1.29 bits per heavy atom. The smallest absolute Gasteiger partial charge is 0.343 e. The van der Waals surface area contributed by atoms with E-state index in [1.54, 1.807) is 19.2 Å². The second-order valence-corrected chi connectivity index (χ2v) is 5.17. The van der Waals surface area contributed by atoms with Crippen molar-refractivity contribution in [1.29, 1.82) is 0 Å². The minimum atomic E-state index is -0.702. The molecule has 0 aliphatic carbocycles. The van der Waals surface area contributed by atoms with Crippen LogP contribution in [0.3, 0.4) is 0 Å². The fourth-order valence-electron chi connectivity index (χ4n) is 1.75. The summed E-state index contributed by atoms with van der Waals surface area (Å²) in [6.45, 7) is 1.85. The normalized spacial score (nSPS) is 10.1. The van der Waals surface area contributed by atoms with E-state index < -0.39 is 17.7 Å². The largest absolute Gasteiger partial charge is 0.462 e. The summed E-state index contributed by atoms with van der Waals surface area (Å²) in [7, 11) is 0. The maximum atomic E-state index is 13.6. The number of ether oxygens (including phenoxy) is 1. The third kappa shape index (κ3) is 4.19. The highest BCUT2D eigenvalue weighted by atomic mass is 32.2. The standard InChI is InChI=1S/C15H15FN4O3S/c1-3-23-14(22)10-8-17-15(24-2)18-12(10)19-20-13(21)9-6-4-5-7-11(9)16/h4-8H,3H2,1-2H3,(H,20,21)(H,17,18,19). The monoisotopic (exact) mass is 350 g/mol. The lowest BCUT2D eigenvalue weighted by molar-refractivity contribution is 0.0526. The highest BCUT2D eigenvalue weighted by Gasteiger charge is 2.17. The number of esters is 1. The van der Waals surface area contributed by atoms with E-state index in [4.69, 9.17) is 4.74 Å². The van der Waals surface area contributed by atoms with Crippen molar-refractivity contribution < 1.29 is 18.7 Å². The van der Waals surface area contributed by atoms with Crippen LogP contribution in [0.15, 0.2) is 35.6 Å². The summed E-state index contributed by atoms with van der Waals surface area (Å²) in [5.74, 6) is -1.92. The lowest BCUT2D eigenvalue weighted by atomic mass is 10.2. The predicted octanol–water partition coefficient (Wildman–Crippen LogP) is 2.27. The highest BCUT2D eigenvalue weighted by molar-refractivity contribution is 7.98. The van der Waals surface area contributed by atoms with Gasteiger partial charge in [-0.2, -0.15) is 0 Å². The fraction of sp³-hybridized carbons (Fsp3) is 0.200. The maximum absolute atomic E-state index is 13.6. The van der Waals surface area contributed by atoms with Crippen LogP contribution >= 0.6 is 11.8 Å². The van der Waals surface area contributed by atoms with Crippen LogP contribution in [0.25, 0.3) is 0 Å². The van der Waals surface area contributed by atoms with Gasteiger partial charge in [0.05, 0.1) is 12.2 Å². The third-order valence-corrected chi connectivity index (χ3v) is 3.42. The van der Waals surface area contributed by atoms with Gasteiger partial charge in [-0.1, -0.05) is 23.9 Å². The van der Waals surface area contributed by atoms with Crippen LogP contribution in [0.4, 0.5) is 10.2 Å². The van der Waals surface area contributed by atoms with Crippen molar-refractivity contribution in [1.82, 2.24) is 15.4 Å². The zero-order valence-electron chi connectivity index (χ0n) is 13.0. The second-order valence-electron chi connectivity index (χ2n) is 4.40. The van der Waals surface area contributed by atoms with Gasteiger partial charge in [-0.25, -0.2) is 19.2 Å². The molecule has 0 saturated heterocycles. The molecule has 0 saturated carbocycles. The molecule has 1 heterocycles. The average molecular weight is 350 g/mol. The molecule has 126 valence electrons. The molecule has 0 unspecified atom stereocenters. The van der Waals surface area contributed by atoms with Crippen LogP contribution in [0, 0.1) is 5.82 Å². The molecule has 24 heavy (non-hydrogen) atoms. The Balaban J connectivity index is 2.20. The van der Waals surface area contributed by atoms with E-state index in [1.165, 1.54) is 36.2 Å². The van der Waals surface area contributed by atoms with Crippen molar-refractivity contribution in [2.24, 2.45) is 0 Å². The van der Waals surface area contributed by atoms with Gasteiger partial charge in [0, 0.05) is 6.20 Å². The average Bonchev–Trinajstić information content (AvgIpc) is 2.60. The molecule has 0 bridgehead atoms. The van der Waals surface area contributed by atoms with E-state index >= 15 is 0 Å². The number of nitrogens with one attached hydrogen (secondary N) is 2. The van der Waals surface area contributed by atoms with Crippen molar-refractivity contribution in [3.05, 3.63) is 47.4 Å². The molecule has 1 aromatic heterocycles. The minimum Gasteiger partial charge on any atom is -0.462 e. The number of hydrazine groups is 1. The predicted molar refractivity (Wildman–Crippen MR) is 87.3 cm³/mol. The van der Waals surface area contributed by atoms with Crippen LogP contribution in [-0.2, 0) is 4.74 Å². The number of hydrogen-bond donors (Lipinski definition) is 2. The molecule has 9 heteroatoms. The van der Waals surface area contributed by atoms with Crippen LogP contribution in [0.2, 0.25) is 0 Å². The van der Waals surface area contributed by atoms with E-state index in [1.807, 2.05) is 0 Å². The summed E-state index contributed by atoms with van der Waals surface area (Å²) < 4.78 is 18.5. The summed E-state index contributed by atoms with van der Waals surface area (Å²) in [5.41, 5.74) is 4.75. The topological polar surface area (TPSA) is 93.2 Å². The number of carbonyl (C=O) groups is 2. The number of amides is 1. The molecular formula is C15H15FN4O3S. The van der Waals surface area contributed by atoms with E-state index in [-0.39, 0.29) is 23.6 Å². The van der Waals surface area contributed by atoms with Gasteiger partial charge < -0.3 is 4.74 Å². The van der Waals surface area contributed by atoms with Crippen LogP contribution < -0.4 is 10.9 Å². The first-order valence-electron chi connectivity index (χ1n) is 6.95. The number of rotatable bonds is 6. The van der Waals surface area contributed by atoms with Crippen LogP contribution in [0.1, 0.15) is 27.6 Å². The molecule has 7 nitrogen and oxygen atoms in total. The molecule has 0 atom stereocenters. The van der Waals surface area contributed by atoms with Crippen molar-refractivity contribution in [3.8, 4) is 0 Å². The lowest BCUT2D eigenvalue weighted by Crippen LogP contribution is -2.31. The number of halogens is 1. The van der Waals surface area contributed by atoms with Crippen molar-refractivity contribution in [3.63, 3.8) is 0 Å². The number of thioether (sulfide) groups is 1. The second kappa shape index (κ2) is 8.25. The number of hydrogen-bond acceptors (Lipinski definition) is 7. The Morgan fingerprint density at radius 3 is 2.71 bits per heavy atom. The fourth-order valence-corrected chi connectivity index (χ4v) is 2.09.